The fourth-order valence-corrected chi connectivity index (χ4v) is 4.62. The number of rotatable bonds is 8. The van der Waals surface area contributed by atoms with Gasteiger partial charge in [0.25, 0.3) is 5.91 Å². The topological polar surface area (TPSA) is 97.8 Å². The Hall–Kier alpha value is -3.38. The Morgan fingerprint density at radius 1 is 1.21 bits per heavy atom. The minimum absolute atomic E-state index is 0.0312. The van der Waals surface area contributed by atoms with Crippen molar-refractivity contribution in [1.29, 1.82) is 0 Å². The van der Waals surface area contributed by atoms with Crippen molar-refractivity contribution in [2.24, 2.45) is 0 Å². The lowest BCUT2D eigenvalue weighted by molar-refractivity contribution is -0.116. The van der Waals surface area contributed by atoms with Crippen LogP contribution in [0, 0.1) is 5.82 Å². The van der Waals surface area contributed by atoms with Crippen molar-refractivity contribution >= 4 is 45.6 Å². The van der Waals surface area contributed by atoms with E-state index in [9.17, 15) is 13.6 Å². The lowest BCUT2D eigenvalue weighted by Crippen LogP contribution is -2.36. The Bertz CT molecular complexity index is 1360. The molecule has 0 unspecified atom stereocenters. The summed E-state index contributed by atoms with van der Waals surface area (Å²) in [5.41, 5.74) is 1.27. The van der Waals surface area contributed by atoms with Crippen molar-refractivity contribution in [2.75, 3.05) is 50.1 Å². The summed E-state index contributed by atoms with van der Waals surface area (Å²) in [6.45, 7) is 4.69. The van der Waals surface area contributed by atoms with Crippen LogP contribution in [-0.2, 0) is 14.3 Å². The van der Waals surface area contributed by atoms with Gasteiger partial charge in [-0.1, -0.05) is 11.6 Å². The van der Waals surface area contributed by atoms with Crippen molar-refractivity contribution in [3.8, 4) is 5.75 Å². The normalized spacial score (nSPS) is 19.8. The number of benzene rings is 2. The highest BCUT2D eigenvalue weighted by Gasteiger charge is 2.36. The van der Waals surface area contributed by atoms with E-state index in [0.29, 0.717) is 61.1 Å². The quantitative estimate of drug-likeness (QED) is 0.401. The largest absolute Gasteiger partial charge is 0.492 e. The monoisotopic (exact) mass is 545 g/mol. The third kappa shape index (κ3) is 5.86. The number of hydrogen-bond donors (Lipinski definition) is 2. The van der Waals surface area contributed by atoms with Crippen LogP contribution in [0.2, 0.25) is 5.02 Å². The predicted molar refractivity (Wildman–Crippen MR) is 139 cm³/mol. The van der Waals surface area contributed by atoms with Gasteiger partial charge in [-0.3, -0.25) is 9.69 Å². The first-order chi connectivity index (χ1) is 18.4. The molecule has 0 spiro atoms. The molecule has 2 aliphatic rings. The number of amides is 1. The van der Waals surface area contributed by atoms with E-state index in [1.165, 1.54) is 30.6 Å². The molecular weight excluding hydrogens is 520 g/mol. The number of fused-ring (bicyclic) bond motifs is 2. The van der Waals surface area contributed by atoms with Crippen molar-refractivity contribution < 1.29 is 27.8 Å². The predicted octanol–water partition coefficient (Wildman–Crippen LogP) is 4.46. The van der Waals surface area contributed by atoms with Crippen LogP contribution >= 0.6 is 11.6 Å². The Morgan fingerprint density at radius 2 is 1.97 bits per heavy atom. The van der Waals surface area contributed by atoms with Gasteiger partial charge >= 0.3 is 0 Å². The molecule has 2 N–H and O–H groups in total. The van der Waals surface area contributed by atoms with Crippen LogP contribution in [0.25, 0.3) is 10.9 Å². The van der Waals surface area contributed by atoms with E-state index in [-0.39, 0.29) is 29.5 Å². The lowest BCUT2D eigenvalue weighted by atomic mass is 10.1. The van der Waals surface area contributed by atoms with E-state index >= 15 is 0 Å². The summed E-state index contributed by atoms with van der Waals surface area (Å²) in [5.74, 6) is -1.67. The molecule has 0 saturated carbocycles. The summed E-state index contributed by atoms with van der Waals surface area (Å²) >= 11 is 5.90. The summed E-state index contributed by atoms with van der Waals surface area (Å²) < 4.78 is 45.4. The number of carbonyl (C=O) groups excluding carboxylic acids is 1. The van der Waals surface area contributed by atoms with Gasteiger partial charge in [0.05, 0.1) is 48.3 Å². The van der Waals surface area contributed by atoms with E-state index in [2.05, 4.69) is 20.6 Å². The molecule has 2 aliphatic heterocycles. The van der Waals surface area contributed by atoms with E-state index in [1.807, 2.05) is 4.90 Å². The van der Waals surface area contributed by atoms with E-state index in [0.717, 1.165) is 0 Å². The van der Waals surface area contributed by atoms with Crippen molar-refractivity contribution in [3.63, 3.8) is 0 Å². The number of anilines is 3. The van der Waals surface area contributed by atoms with Gasteiger partial charge in [0.15, 0.2) is 5.83 Å². The molecule has 0 radical (unpaired) electrons. The Balaban J connectivity index is 1.35. The minimum Gasteiger partial charge on any atom is -0.492 e. The van der Waals surface area contributed by atoms with Crippen LogP contribution in [0.5, 0.6) is 5.75 Å². The van der Waals surface area contributed by atoms with Crippen LogP contribution in [0.3, 0.4) is 0 Å². The van der Waals surface area contributed by atoms with Gasteiger partial charge in [0.2, 0.25) is 0 Å². The second kappa shape index (κ2) is 11.6. The number of aromatic nitrogens is 2. The number of likely N-dealkylation sites (tertiary alicyclic amines) is 1. The average Bonchev–Trinajstić information content (AvgIpc) is 3.33. The lowest BCUT2D eigenvalue weighted by Gasteiger charge is -2.24. The maximum absolute atomic E-state index is 14.8. The van der Waals surface area contributed by atoms with Crippen LogP contribution in [0.1, 0.15) is 6.92 Å². The Morgan fingerprint density at radius 3 is 2.68 bits per heavy atom. The third-order valence-corrected chi connectivity index (χ3v) is 6.54. The highest BCUT2D eigenvalue weighted by Crippen LogP contribution is 2.34. The number of halogens is 3. The minimum atomic E-state index is -0.923. The fraction of sp³-hybridized carbons (Fsp3) is 0.346. The molecule has 2 aromatic carbocycles. The van der Waals surface area contributed by atoms with Gasteiger partial charge < -0.3 is 24.8 Å². The first-order valence-corrected chi connectivity index (χ1v) is 12.5. The number of ether oxygens (including phenoxy) is 3. The average molecular weight is 546 g/mol. The Labute approximate surface area is 222 Å². The van der Waals surface area contributed by atoms with Crippen molar-refractivity contribution in [1.82, 2.24) is 14.9 Å². The molecule has 2 atom stereocenters. The maximum atomic E-state index is 14.8. The molecule has 5 rings (SSSR count). The van der Waals surface area contributed by atoms with Gasteiger partial charge in [-0.2, -0.15) is 0 Å². The first kappa shape index (κ1) is 26.2. The molecule has 200 valence electrons. The summed E-state index contributed by atoms with van der Waals surface area (Å²) in [5, 5.41) is 6.14. The number of nitrogens with one attached hydrogen (secondary N) is 2. The fourth-order valence-electron chi connectivity index (χ4n) is 4.44. The van der Waals surface area contributed by atoms with Crippen molar-refractivity contribution in [2.45, 2.75) is 19.1 Å². The van der Waals surface area contributed by atoms with E-state index in [1.54, 1.807) is 19.1 Å². The molecule has 3 aromatic rings. The summed E-state index contributed by atoms with van der Waals surface area (Å²) in [6.07, 6.45) is 2.53. The third-order valence-electron chi connectivity index (χ3n) is 6.25. The molecule has 2 fully saturated rings. The van der Waals surface area contributed by atoms with Gasteiger partial charge in [0, 0.05) is 36.8 Å². The van der Waals surface area contributed by atoms with Crippen LogP contribution in [0.15, 0.2) is 48.6 Å². The zero-order valence-electron chi connectivity index (χ0n) is 20.5. The SMILES string of the molecule is CCOc1cc2ncnc(Nc3ccc(F)c(Cl)c3)c2cc1NC(=O)/C(F)=C\CN1C[C@@H]2OCCO[C@@H]2C1. The zero-order valence-corrected chi connectivity index (χ0v) is 21.3. The molecular formula is C26H26ClF2N5O4. The van der Waals surface area contributed by atoms with Crippen LogP contribution < -0.4 is 15.4 Å². The van der Waals surface area contributed by atoms with Gasteiger partial charge in [-0.25, -0.2) is 18.7 Å². The molecule has 0 bridgehead atoms. The molecule has 12 heteroatoms. The molecule has 1 aromatic heterocycles. The van der Waals surface area contributed by atoms with Gasteiger partial charge in [-0.05, 0) is 37.3 Å². The molecule has 1 amide bonds. The highest BCUT2D eigenvalue weighted by atomic mass is 35.5. The second-order valence-corrected chi connectivity index (χ2v) is 9.23. The first-order valence-electron chi connectivity index (χ1n) is 12.2. The zero-order chi connectivity index (χ0) is 26.6. The Kier molecular flexibility index (Phi) is 7.98. The number of hydrogen-bond acceptors (Lipinski definition) is 8. The van der Waals surface area contributed by atoms with E-state index in [4.69, 9.17) is 25.8 Å². The number of carbonyl (C=O) groups is 1. The summed E-state index contributed by atoms with van der Waals surface area (Å²) in [6, 6.07) is 7.40. The van der Waals surface area contributed by atoms with Crippen LogP contribution in [0.4, 0.5) is 26.0 Å². The molecule has 0 aliphatic carbocycles. The second-order valence-electron chi connectivity index (χ2n) is 8.82. The van der Waals surface area contributed by atoms with Gasteiger partial charge in [0.1, 0.15) is 23.7 Å². The van der Waals surface area contributed by atoms with E-state index < -0.39 is 17.6 Å². The maximum Gasteiger partial charge on any atom is 0.284 e. The van der Waals surface area contributed by atoms with Crippen molar-refractivity contribution in [3.05, 3.63) is 59.4 Å². The van der Waals surface area contributed by atoms with Gasteiger partial charge in [-0.15, -0.1) is 0 Å². The summed E-state index contributed by atoms with van der Waals surface area (Å²) in [4.78, 5) is 23.3. The van der Waals surface area contributed by atoms with Crippen LogP contribution in [-0.4, -0.2) is 72.4 Å². The molecule has 3 heterocycles. The highest BCUT2D eigenvalue weighted by molar-refractivity contribution is 6.31. The standard InChI is InChI=1S/C26H26ClF2N5O4/c1-2-36-22-11-20-16(25(31-14-30-20)32-15-3-4-18(28)17(27)9-15)10-21(22)33-26(35)19(29)5-6-34-12-23-24(13-34)38-8-7-37-23/h3-5,9-11,14,23-24H,2,6-8,12-13H2,1H3,(H,33,35)(H,30,31,32)/b19-5+/t23-,24+. The molecule has 9 nitrogen and oxygen atoms in total. The number of nitrogens with zero attached hydrogens (tertiary/aromatic N) is 3. The smallest absolute Gasteiger partial charge is 0.284 e. The molecule has 2 saturated heterocycles. The summed E-state index contributed by atoms with van der Waals surface area (Å²) in [7, 11) is 0. The molecule has 38 heavy (non-hydrogen) atoms.